The van der Waals surface area contributed by atoms with Crippen molar-refractivity contribution in [2.45, 2.75) is 77.7 Å². The molecule has 1 saturated heterocycles. The smallest absolute Gasteiger partial charge is 0.274 e. The summed E-state index contributed by atoms with van der Waals surface area (Å²) in [5.74, 6) is 2.62. The van der Waals surface area contributed by atoms with Gasteiger partial charge in [0, 0.05) is 37.1 Å². The quantitative estimate of drug-likeness (QED) is 0.718. The Hall–Kier alpha value is -2.57. The third kappa shape index (κ3) is 4.21. The third-order valence-electron chi connectivity index (χ3n) is 7.38. The van der Waals surface area contributed by atoms with Crippen molar-refractivity contribution in [1.82, 2.24) is 24.8 Å². The molecule has 0 radical (unpaired) electrons. The topological polar surface area (TPSA) is 75.1 Å². The molecular weight excluding hydrogens is 400 g/mol. The predicted octanol–water partition coefficient (Wildman–Crippen LogP) is 4.19. The number of rotatable bonds is 4. The Morgan fingerprint density at radius 3 is 2.59 bits per heavy atom. The number of aromatic nitrogens is 4. The summed E-state index contributed by atoms with van der Waals surface area (Å²) in [6.45, 7) is 6.88. The molecule has 1 atom stereocenters. The lowest BCUT2D eigenvalue weighted by atomic mass is 9.88. The summed E-state index contributed by atoms with van der Waals surface area (Å²) in [7, 11) is 0. The van der Waals surface area contributed by atoms with Gasteiger partial charge < -0.3 is 9.80 Å². The van der Waals surface area contributed by atoms with Crippen LogP contribution in [0.25, 0.3) is 0 Å². The lowest BCUT2D eigenvalue weighted by molar-refractivity contribution is 0.0723. The Morgan fingerprint density at radius 2 is 1.81 bits per heavy atom. The van der Waals surface area contributed by atoms with Crippen LogP contribution < -0.4 is 4.90 Å². The summed E-state index contributed by atoms with van der Waals surface area (Å²) >= 11 is 0. The van der Waals surface area contributed by atoms with E-state index >= 15 is 0 Å². The largest absolute Gasteiger partial charge is 0.356 e. The summed E-state index contributed by atoms with van der Waals surface area (Å²) in [5, 5.41) is 0. The number of fused-ring (bicyclic) bond motifs is 1. The highest BCUT2D eigenvalue weighted by atomic mass is 16.2. The summed E-state index contributed by atoms with van der Waals surface area (Å²) in [5.41, 5.74) is 3.59. The second-order valence-corrected chi connectivity index (χ2v) is 9.72. The van der Waals surface area contributed by atoms with Crippen molar-refractivity contribution in [2.75, 3.05) is 24.5 Å². The molecule has 32 heavy (non-hydrogen) atoms. The highest BCUT2D eigenvalue weighted by molar-refractivity contribution is 5.92. The Labute approximate surface area is 190 Å². The average molecular weight is 435 g/mol. The van der Waals surface area contributed by atoms with Crippen LogP contribution in [0.2, 0.25) is 0 Å². The SMILES string of the molecule is Cc1cnc(C(=O)N2CCC[C@H]2c2nc(C)c3c(n2)N(CC2CCCCC2)CCC3)cn1. The van der Waals surface area contributed by atoms with Crippen LogP contribution >= 0.6 is 0 Å². The minimum Gasteiger partial charge on any atom is -0.356 e. The lowest BCUT2D eigenvalue weighted by Crippen LogP contribution is -2.37. The molecule has 7 heteroatoms. The van der Waals surface area contributed by atoms with E-state index in [1.807, 2.05) is 11.8 Å². The number of likely N-dealkylation sites (tertiary alicyclic amines) is 1. The molecule has 2 aromatic rings. The van der Waals surface area contributed by atoms with E-state index < -0.39 is 0 Å². The second-order valence-electron chi connectivity index (χ2n) is 9.72. The van der Waals surface area contributed by atoms with Gasteiger partial charge >= 0.3 is 0 Å². The molecule has 2 aromatic heterocycles. The van der Waals surface area contributed by atoms with Crippen LogP contribution in [0.3, 0.4) is 0 Å². The highest BCUT2D eigenvalue weighted by Gasteiger charge is 2.35. The normalized spacial score (nSPS) is 21.6. The molecule has 0 spiro atoms. The van der Waals surface area contributed by atoms with E-state index in [4.69, 9.17) is 9.97 Å². The number of hydrogen-bond acceptors (Lipinski definition) is 6. The summed E-state index contributed by atoms with van der Waals surface area (Å²) in [6, 6.07) is -0.0898. The fourth-order valence-electron chi connectivity index (χ4n) is 5.65. The van der Waals surface area contributed by atoms with Crippen molar-refractivity contribution in [3.05, 3.63) is 40.9 Å². The monoisotopic (exact) mass is 434 g/mol. The van der Waals surface area contributed by atoms with Gasteiger partial charge in [-0.1, -0.05) is 19.3 Å². The minimum atomic E-state index is -0.0898. The fraction of sp³-hybridized carbons (Fsp3) is 0.640. The van der Waals surface area contributed by atoms with Gasteiger partial charge in [-0.15, -0.1) is 0 Å². The minimum absolute atomic E-state index is 0.0713. The zero-order valence-electron chi connectivity index (χ0n) is 19.4. The van der Waals surface area contributed by atoms with Gasteiger partial charge in [0.05, 0.1) is 17.9 Å². The average Bonchev–Trinajstić information content (AvgIpc) is 3.30. The van der Waals surface area contributed by atoms with Gasteiger partial charge in [-0.3, -0.25) is 9.78 Å². The number of carbonyl (C=O) groups excluding carboxylic acids is 1. The molecule has 0 bridgehead atoms. The van der Waals surface area contributed by atoms with E-state index in [-0.39, 0.29) is 11.9 Å². The molecule has 1 amide bonds. The van der Waals surface area contributed by atoms with Crippen LogP contribution in [-0.4, -0.2) is 50.4 Å². The first kappa shape index (κ1) is 21.3. The summed E-state index contributed by atoms with van der Waals surface area (Å²) in [4.78, 5) is 36.2. The molecule has 4 heterocycles. The van der Waals surface area contributed by atoms with Crippen LogP contribution in [-0.2, 0) is 6.42 Å². The van der Waals surface area contributed by atoms with Gasteiger partial charge in [-0.2, -0.15) is 0 Å². The maximum atomic E-state index is 13.2. The first-order valence-corrected chi connectivity index (χ1v) is 12.3. The van der Waals surface area contributed by atoms with Crippen LogP contribution in [0.1, 0.15) is 90.7 Å². The van der Waals surface area contributed by atoms with Crippen molar-refractivity contribution in [3.8, 4) is 0 Å². The van der Waals surface area contributed by atoms with Gasteiger partial charge in [-0.05, 0) is 58.3 Å². The van der Waals surface area contributed by atoms with Gasteiger partial charge in [-0.25, -0.2) is 15.0 Å². The zero-order valence-corrected chi connectivity index (χ0v) is 19.4. The second kappa shape index (κ2) is 9.12. The number of hydrogen-bond donors (Lipinski definition) is 0. The van der Waals surface area contributed by atoms with E-state index in [1.165, 1.54) is 44.1 Å². The first-order valence-electron chi connectivity index (χ1n) is 12.3. The Bertz CT molecular complexity index is 969. The van der Waals surface area contributed by atoms with E-state index in [9.17, 15) is 4.79 Å². The van der Waals surface area contributed by atoms with Crippen molar-refractivity contribution in [2.24, 2.45) is 5.92 Å². The van der Waals surface area contributed by atoms with Gasteiger partial charge in [0.1, 0.15) is 11.5 Å². The van der Waals surface area contributed by atoms with Crippen molar-refractivity contribution < 1.29 is 4.79 Å². The van der Waals surface area contributed by atoms with Crippen molar-refractivity contribution in [3.63, 3.8) is 0 Å². The summed E-state index contributed by atoms with van der Waals surface area (Å²) in [6.07, 6.45) is 14.1. The molecule has 0 unspecified atom stereocenters. The first-order chi connectivity index (χ1) is 15.6. The molecular formula is C25H34N6O. The molecule has 1 saturated carbocycles. The van der Waals surface area contributed by atoms with Crippen molar-refractivity contribution in [1.29, 1.82) is 0 Å². The molecule has 7 nitrogen and oxygen atoms in total. The predicted molar refractivity (Wildman–Crippen MR) is 124 cm³/mol. The van der Waals surface area contributed by atoms with Crippen molar-refractivity contribution >= 4 is 11.7 Å². The maximum Gasteiger partial charge on any atom is 0.274 e. The maximum absolute atomic E-state index is 13.2. The number of anilines is 1. The fourth-order valence-corrected chi connectivity index (χ4v) is 5.65. The third-order valence-corrected chi connectivity index (χ3v) is 7.38. The van der Waals surface area contributed by atoms with E-state index in [0.717, 1.165) is 61.3 Å². The van der Waals surface area contributed by atoms with Crippen LogP contribution in [0.4, 0.5) is 5.82 Å². The molecule has 5 rings (SSSR count). The lowest BCUT2D eigenvalue weighted by Gasteiger charge is -2.35. The number of carbonyl (C=O) groups is 1. The van der Waals surface area contributed by atoms with E-state index in [1.54, 1.807) is 12.4 Å². The Kier molecular flexibility index (Phi) is 6.07. The molecule has 0 N–H and O–H groups in total. The van der Waals surface area contributed by atoms with E-state index in [2.05, 4.69) is 21.8 Å². The van der Waals surface area contributed by atoms with Crippen LogP contribution in [0.5, 0.6) is 0 Å². The zero-order chi connectivity index (χ0) is 22.1. The van der Waals surface area contributed by atoms with E-state index in [0.29, 0.717) is 12.2 Å². The molecule has 2 fully saturated rings. The Balaban J connectivity index is 1.42. The molecule has 1 aliphatic carbocycles. The number of aryl methyl sites for hydroxylation is 2. The summed E-state index contributed by atoms with van der Waals surface area (Å²) < 4.78 is 0. The Morgan fingerprint density at radius 1 is 0.969 bits per heavy atom. The standard InChI is InChI=1S/C25H34N6O/c1-17-14-27-21(15-26-17)25(32)31-13-7-11-22(31)23-28-18(2)20-10-6-12-30(24(20)29-23)16-19-8-4-3-5-9-19/h14-15,19,22H,3-13,16H2,1-2H3/t22-/m0/s1. The molecule has 170 valence electrons. The number of amides is 1. The number of nitrogens with zero attached hydrogens (tertiary/aromatic N) is 6. The van der Waals surface area contributed by atoms with Gasteiger partial charge in [0.2, 0.25) is 0 Å². The van der Waals surface area contributed by atoms with Gasteiger partial charge in [0.25, 0.3) is 5.91 Å². The van der Waals surface area contributed by atoms with Crippen LogP contribution in [0, 0.1) is 19.8 Å². The van der Waals surface area contributed by atoms with Crippen LogP contribution in [0.15, 0.2) is 12.4 Å². The van der Waals surface area contributed by atoms with Gasteiger partial charge in [0.15, 0.2) is 5.82 Å². The molecule has 3 aliphatic rings. The molecule has 0 aromatic carbocycles. The highest BCUT2D eigenvalue weighted by Crippen LogP contribution is 2.36. The molecule has 2 aliphatic heterocycles.